The summed E-state index contributed by atoms with van der Waals surface area (Å²) in [7, 11) is 0. The predicted octanol–water partition coefficient (Wildman–Crippen LogP) is 2.93. The molecule has 18 heavy (non-hydrogen) atoms. The first-order valence-corrected chi connectivity index (χ1v) is 6.78. The summed E-state index contributed by atoms with van der Waals surface area (Å²) in [6.45, 7) is 5.24. The van der Waals surface area contributed by atoms with Crippen LogP contribution in [0.2, 0.25) is 0 Å². The Hall–Kier alpha value is -1.06. The molecular weight excluding hydrogens is 228 g/mol. The van der Waals surface area contributed by atoms with E-state index < -0.39 is 6.10 Å². The summed E-state index contributed by atoms with van der Waals surface area (Å²) in [4.78, 5) is 0. The van der Waals surface area contributed by atoms with Crippen molar-refractivity contribution in [2.24, 2.45) is 5.92 Å². The molecule has 1 fully saturated rings. The van der Waals surface area contributed by atoms with E-state index in [2.05, 4.69) is 0 Å². The minimum atomic E-state index is -0.534. The molecule has 1 aromatic rings. The lowest BCUT2D eigenvalue weighted by atomic mass is 10.0. The van der Waals surface area contributed by atoms with Gasteiger partial charge in [0.1, 0.15) is 11.9 Å². The van der Waals surface area contributed by atoms with Gasteiger partial charge in [0.05, 0.1) is 12.7 Å². The molecule has 2 atom stereocenters. The fourth-order valence-electron chi connectivity index (χ4n) is 2.22. The van der Waals surface area contributed by atoms with E-state index in [0.717, 1.165) is 11.3 Å². The van der Waals surface area contributed by atoms with Crippen LogP contribution in [0.4, 0.5) is 0 Å². The van der Waals surface area contributed by atoms with E-state index >= 15 is 0 Å². The Morgan fingerprint density at radius 1 is 1.17 bits per heavy atom. The highest BCUT2D eigenvalue weighted by Gasteiger charge is 2.37. The smallest absolute Gasteiger partial charge is 0.119 e. The van der Waals surface area contributed by atoms with Gasteiger partial charge in [0.2, 0.25) is 0 Å². The van der Waals surface area contributed by atoms with Gasteiger partial charge >= 0.3 is 0 Å². The van der Waals surface area contributed by atoms with E-state index in [1.807, 2.05) is 38.1 Å². The maximum absolute atomic E-state index is 10.4. The fourth-order valence-corrected chi connectivity index (χ4v) is 2.22. The third-order valence-electron chi connectivity index (χ3n) is 3.29. The molecule has 3 nitrogen and oxygen atoms in total. The van der Waals surface area contributed by atoms with Gasteiger partial charge in [-0.15, -0.1) is 0 Å². The molecule has 100 valence electrons. The first-order chi connectivity index (χ1) is 8.76. The van der Waals surface area contributed by atoms with Gasteiger partial charge in [0.15, 0.2) is 0 Å². The second-order valence-corrected chi connectivity index (χ2v) is 4.70. The van der Waals surface area contributed by atoms with Crippen molar-refractivity contribution >= 4 is 0 Å². The van der Waals surface area contributed by atoms with Crippen molar-refractivity contribution in [3.63, 3.8) is 0 Å². The Bertz CT molecular complexity index is 357. The van der Waals surface area contributed by atoms with Gasteiger partial charge in [-0.25, -0.2) is 0 Å². The van der Waals surface area contributed by atoms with Crippen LogP contribution in [0.1, 0.15) is 38.4 Å². The van der Waals surface area contributed by atoms with Crippen LogP contribution in [0, 0.1) is 5.92 Å². The quantitative estimate of drug-likeness (QED) is 0.808. The Labute approximate surface area is 109 Å². The summed E-state index contributed by atoms with van der Waals surface area (Å²) in [6, 6.07) is 7.64. The first-order valence-electron chi connectivity index (χ1n) is 6.78. The first kappa shape index (κ1) is 13.4. The summed E-state index contributed by atoms with van der Waals surface area (Å²) in [6.07, 6.45) is 1.73. The molecule has 1 aromatic carbocycles. The summed E-state index contributed by atoms with van der Waals surface area (Å²) in [5.41, 5.74) is 0.906. The average molecular weight is 250 g/mol. The number of hydrogen-bond acceptors (Lipinski definition) is 3. The Kier molecular flexibility index (Phi) is 4.61. The van der Waals surface area contributed by atoms with Crippen LogP contribution in [-0.2, 0) is 4.74 Å². The Morgan fingerprint density at radius 2 is 1.83 bits per heavy atom. The molecule has 0 radical (unpaired) electrons. The maximum Gasteiger partial charge on any atom is 0.119 e. The van der Waals surface area contributed by atoms with Gasteiger partial charge in [0.25, 0.3) is 0 Å². The standard InChI is InChI=1S/C15H22O3/c1-3-17-13-9-7-11(8-10-13)14(16)15(18-4-2)12-5-6-12/h7-10,12,14-16H,3-6H2,1-2H3. The molecule has 0 amide bonds. The van der Waals surface area contributed by atoms with Gasteiger partial charge in [-0.1, -0.05) is 12.1 Å². The van der Waals surface area contributed by atoms with Crippen molar-refractivity contribution in [1.29, 1.82) is 0 Å². The molecule has 0 bridgehead atoms. The Morgan fingerprint density at radius 3 is 2.33 bits per heavy atom. The molecule has 1 saturated carbocycles. The highest BCUT2D eigenvalue weighted by molar-refractivity contribution is 5.29. The zero-order chi connectivity index (χ0) is 13.0. The fraction of sp³-hybridized carbons (Fsp3) is 0.600. The molecular formula is C15H22O3. The number of aliphatic hydroxyl groups is 1. The molecule has 2 rings (SSSR count). The second-order valence-electron chi connectivity index (χ2n) is 4.70. The van der Waals surface area contributed by atoms with Gasteiger partial charge in [-0.2, -0.15) is 0 Å². The largest absolute Gasteiger partial charge is 0.494 e. The van der Waals surface area contributed by atoms with Gasteiger partial charge < -0.3 is 14.6 Å². The molecule has 0 heterocycles. The molecule has 1 N–H and O–H groups in total. The van der Waals surface area contributed by atoms with Crippen molar-refractivity contribution < 1.29 is 14.6 Å². The van der Waals surface area contributed by atoms with Gasteiger partial charge in [-0.3, -0.25) is 0 Å². The zero-order valence-corrected chi connectivity index (χ0v) is 11.1. The zero-order valence-electron chi connectivity index (χ0n) is 11.1. The van der Waals surface area contributed by atoms with E-state index in [4.69, 9.17) is 9.47 Å². The van der Waals surface area contributed by atoms with Crippen LogP contribution >= 0.6 is 0 Å². The average Bonchev–Trinajstić information content (AvgIpc) is 3.21. The molecule has 0 saturated heterocycles. The third kappa shape index (κ3) is 3.24. The lowest BCUT2D eigenvalue weighted by Gasteiger charge is -2.23. The number of hydrogen-bond donors (Lipinski definition) is 1. The number of ether oxygens (including phenoxy) is 2. The van der Waals surface area contributed by atoms with Crippen molar-refractivity contribution in [2.45, 2.75) is 38.9 Å². The molecule has 1 aliphatic rings. The second kappa shape index (κ2) is 6.21. The number of aliphatic hydroxyl groups excluding tert-OH is 1. The highest BCUT2D eigenvalue weighted by Crippen LogP contribution is 2.40. The molecule has 2 unspecified atom stereocenters. The predicted molar refractivity (Wildman–Crippen MR) is 70.7 cm³/mol. The van der Waals surface area contributed by atoms with Crippen LogP contribution < -0.4 is 4.74 Å². The SMILES string of the molecule is CCOc1ccc(C(O)C(OCC)C2CC2)cc1. The van der Waals surface area contributed by atoms with E-state index in [1.165, 1.54) is 12.8 Å². The Balaban J connectivity index is 2.03. The van der Waals surface area contributed by atoms with Crippen LogP contribution in [-0.4, -0.2) is 24.4 Å². The summed E-state index contributed by atoms with van der Waals surface area (Å²) in [5.74, 6) is 1.36. The van der Waals surface area contributed by atoms with Crippen LogP contribution in [0.15, 0.2) is 24.3 Å². The third-order valence-corrected chi connectivity index (χ3v) is 3.29. The van der Waals surface area contributed by atoms with E-state index in [9.17, 15) is 5.11 Å². The highest BCUT2D eigenvalue weighted by atomic mass is 16.5. The van der Waals surface area contributed by atoms with Crippen molar-refractivity contribution in [2.75, 3.05) is 13.2 Å². The molecule has 1 aliphatic carbocycles. The number of rotatable bonds is 7. The lowest BCUT2D eigenvalue weighted by molar-refractivity contribution is -0.0462. The van der Waals surface area contributed by atoms with Crippen LogP contribution in [0.5, 0.6) is 5.75 Å². The van der Waals surface area contributed by atoms with Gasteiger partial charge in [0, 0.05) is 6.61 Å². The van der Waals surface area contributed by atoms with E-state index in [-0.39, 0.29) is 6.10 Å². The molecule has 3 heteroatoms. The van der Waals surface area contributed by atoms with Crippen molar-refractivity contribution in [3.8, 4) is 5.75 Å². The lowest BCUT2D eigenvalue weighted by Crippen LogP contribution is -2.24. The monoisotopic (exact) mass is 250 g/mol. The van der Waals surface area contributed by atoms with Gasteiger partial charge in [-0.05, 0) is 50.3 Å². The van der Waals surface area contributed by atoms with Crippen molar-refractivity contribution in [3.05, 3.63) is 29.8 Å². The van der Waals surface area contributed by atoms with Crippen molar-refractivity contribution in [1.82, 2.24) is 0 Å². The van der Waals surface area contributed by atoms with E-state index in [0.29, 0.717) is 19.1 Å². The minimum absolute atomic E-state index is 0.0621. The van der Waals surface area contributed by atoms with E-state index in [1.54, 1.807) is 0 Å². The van der Waals surface area contributed by atoms with Crippen LogP contribution in [0.3, 0.4) is 0 Å². The molecule has 0 aliphatic heterocycles. The maximum atomic E-state index is 10.4. The summed E-state index contributed by atoms with van der Waals surface area (Å²) >= 11 is 0. The molecule has 0 spiro atoms. The summed E-state index contributed by atoms with van der Waals surface area (Å²) in [5, 5.41) is 10.4. The molecule has 0 aromatic heterocycles. The minimum Gasteiger partial charge on any atom is -0.494 e. The topological polar surface area (TPSA) is 38.7 Å². The van der Waals surface area contributed by atoms with Crippen LogP contribution in [0.25, 0.3) is 0 Å². The number of benzene rings is 1. The summed E-state index contributed by atoms with van der Waals surface area (Å²) < 4.78 is 11.1. The normalized spacial score (nSPS) is 18.4.